The Kier molecular flexibility index (Phi) is 17.7. The Balaban J connectivity index is 1.59. The van der Waals surface area contributed by atoms with Crippen molar-refractivity contribution in [3.05, 3.63) is 137 Å². The molecule has 0 aliphatic heterocycles. The zero-order valence-electron chi connectivity index (χ0n) is 33.8. The Labute approximate surface area is 356 Å². The van der Waals surface area contributed by atoms with Crippen LogP contribution in [0.1, 0.15) is 67.6 Å². The van der Waals surface area contributed by atoms with Gasteiger partial charge in [0.05, 0.1) is 13.2 Å². The summed E-state index contributed by atoms with van der Waals surface area (Å²) in [5, 5.41) is 48.6. The molecule has 1 atom stereocenters. The smallest absolute Gasteiger partial charge is 0.283 e. The Bertz CT molecular complexity index is 2500. The first kappa shape index (κ1) is 47.9. The number of nitrogens with one attached hydrogen (secondary N) is 3. The predicted molar refractivity (Wildman–Crippen MR) is 218 cm³/mol. The Morgan fingerprint density at radius 1 is 0.556 bits per heavy atom. The monoisotopic (exact) mass is 880 g/mol. The Morgan fingerprint density at radius 3 is 1.48 bits per heavy atom. The summed E-state index contributed by atoms with van der Waals surface area (Å²) in [6.07, 6.45) is -0.185. The van der Waals surface area contributed by atoms with Gasteiger partial charge in [0, 0.05) is 70.1 Å². The summed E-state index contributed by atoms with van der Waals surface area (Å²) in [6.45, 7) is -0.375. The molecule has 4 aromatic heterocycles. The van der Waals surface area contributed by atoms with Gasteiger partial charge >= 0.3 is 0 Å². The number of pyridine rings is 4. The molecule has 0 spiro atoms. The average Bonchev–Trinajstić information content (AvgIpc) is 3.26. The summed E-state index contributed by atoms with van der Waals surface area (Å²) in [4.78, 5) is 118. The molecule has 0 aliphatic rings. The van der Waals surface area contributed by atoms with Crippen molar-refractivity contribution < 1.29 is 49.5 Å². The first-order valence-electron chi connectivity index (χ1n) is 19.5. The molecule has 338 valence electrons. The maximum atomic E-state index is 14.2. The van der Waals surface area contributed by atoms with Crippen molar-refractivity contribution in [2.45, 2.75) is 31.7 Å². The van der Waals surface area contributed by atoms with Crippen molar-refractivity contribution in [3.63, 3.8) is 0 Å². The highest BCUT2D eigenvalue weighted by Gasteiger charge is 2.32. The Hall–Kier alpha value is -7.73. The van der Waals surface area contributed by atoms with Crippen LogP contribution in [-0.2, 0) is 9.53 Å². The van der Waals surface area contributed by atoms with Crippen molar-refractivity contribution in [1.29, 1.82) is 0 Å². The molecule has 4 rings (SSSR count). The van der Waals surface area contributed by atoms with E-state index in [-0.39, 0.29) is 115 Å². The highest BCUT2D eigenvalue weighted by molar-refractivity contribution is 5.96. The fraction of sp³-hybridized carbons (Fsp3) is 0.359. The summed E-state index contributed by atoms with van der Waals surface area (Å²) in [5.74, 6) is -4.14. The minimum Gasteiger partial charge on any atom is -0.425 e. The van der Waals surface area contributed by atoms with Crippen LogP contribution in [0.25, 0.3) is 0 Å². The molecule has 5 amide bonds. The van der Waals surface area contributed by atoms with E-state index < -0.39 is 69.2 Å². The maximum absolute atomic E-state index is 14.2. The molecule has 0 radical (unpaired) electrons. The summed E-state index contributed by atoms with van der Waals surface area (Å²) in [6, 6.07) is 12.5. The second-order valence-corrected chi connectivity index (χ2v) is 13.6. The predicted octanol–water partition coefficient (Wildman–Crippen LogP) is -2.25. The van der Waals surface area contributed by atoms with Gasteiger partial charge in [-0.2, -0.15) is 0 Å². The van der Waals surface area contributed by atoms with Crippen molar-refractivity contribution >= 4 is 29.5 Å². The highest BCUT2D eigenvalue weighted by atomic mass is 16.5. The summed E-state index contributed by atoms with van der Waals surface area (Å²) in [5.41, 5.74) is 0.286. The van der Waals surface area contributed by atoms with Crippen LogP contribution in [0.2, 0.25) is 0 Å². The first-order chi connectivity index (χ1) is 30.2. The van der Waals surface area contributed by atoms with E-state index in [9.17, 15) is 64.0 Å². The molecular formula is C39H48N10O14. The van der Waals surface area contributed by atoms with Gasteiger partial charge < -0.3 is 57.0 Å². The minimum absolute atomic E-state index is 0.0306. The lowest BCUT2D eigenvalue weighted by Gasteiger charge is -2.32. The van der Waals surface area contributed by atoms with Gasteiger partial charge in [-0.25, -0.2) is 0 Å². The molecular weight excluding hydrogens is 832 g/mol. The topological polar surface area (TPSA) is 332 Å². The average molecular weight is 881 g/mol. The van der Waals surface area contributed by atoms with E-state index in [4.69, 9.17) is 10.5 Å². The molecule has 0 aromatic carbocycles. The molecule has 0 fully saturated rings. The lowest BCUT2D eigenvalue weighted by Crippen LogP contribution is -2.52. The van der Waals surface area contributed by atoms with Crippen molar-refractivity contribution in [3.8, 4) is 0 Å². The molecule has 4 heterocycles. The zero-order chi connectivity index (χ0) is 46.1. The summed E-state index contributed by atoms with van der Waals surface area (Å²) < 4.78 is 5.94. The number of nitrogens with two attached hydrogens (primary N) is 1. The van der Waals surface area contributed by atoms with E-state index in [1.807, 2.05) is 0 Å². The second kappa shape index (κ2) is 23.3. The molecule has 0 aliphatic carbocycles. The highest BCUT2D eigenvalue weighted by Crippen LogP contribution is 2.16. The van der Waals surface area contributed by atoms with Gasteiger partial charge in [0.1, 0.15) is 28.8 Å². The van der Waals surface area contributed by atoms with E-state index >= 15 is 0 Å². The molecule has 4 aromatic rings. The fourth-order valence-corrected chi connectivity index (χ4v) is 6.17. The molecule has 24 heteroatoms. The molecule has 24 nitrogen and oxygen atoms in total. The van der Waals surface area contributed by atoms with Gasteiger partial charge in [-0.1, -0.05) is 24.3 Å². The summed E-state index contributed by atoms with van der Waals surface area (Å²) in [7, 11) is 0. The lowest BCUT2D eigenvalue weighted by molar-refractivity contribution is -0.126. The number of ether oxygens (including phenoxy) is 1. The van der Waals surface area contributed by atoms with Crippen LogP contribution in [0.15, 0.2) is 92.0 Å². The Morgan fingerprint density at radius 2 is 0.984 bits per heavy atom. The number of rotatable bonds is 23. The third-order valence-corrected chi connectivity index (χ3v) is 9.31. The number of amides is 5. The standard InChI is InChI=1S/C39H48N10O14/c40-17-24-63-25-20-43-35(54)26(45(39(58)30-11-4-16-34(53)49(30)62)23-7-19-42-37(56)28-9-2-14-32(51)47(28)60)12-5-21-44(38(57)29-10-3-15-33(52)48(29)61)22-6-18-41-36(55)27-8-1-13-31(50)46(27)59/h1-4,8-11,13-16,26,59-62H,5-7,12,17-25,40H2,(H,41,55)(H,42,56)(H,43,54). The van der Waals surface area contributed by atoms with E-state index in [0.717, 1.165) is 35.2 Å². The van der Waals surface area contributed by atoms with Gasteiger partial charge in [-0.3, -0.25) is 43.2 Å². The molecule has 63 heavy (non-hydrogen) atoms. The quantitative estimate of drug-likeness (QED) is 0.0288. The van der Waals surface area contributed by atoms with Crippen LogP contribution in [0, 0.1) is 0 Å². The van der Waals surface area contributed by atoms with Gasteiger partial charge in [-0.05, 0) is 49.9 Å². The number of aromatic nitrogens is 4. The van der Waals surface area contributed by atoms with Crippen LogP contribution in [0.3, 0.4) is 0 Å². The number of carbonyl (C=O) groups is 5. The van der Waals surface area contributed by atoms with Crippen LogP contribution in [0.5, 0.6) is 0 Å². The van der Waals surface area contributed by atoms with E-state index in [1.54, 1.807) is 0 Å². The van der Waals surface area contributed by atoms with Crippen molar-refractivity contribution in [1.82, 2.24) is 44.7 Å². The third kappa shape index (κ3) is 12.9. The van der Waals surface area contributed by atoms with E-state index in [2.05, 4.69) is 16.0 Å². The number of hydrogen-bond donors (Lipinski definition) is 8. The number of nitrogens with zero attached hydrogens (tertiary/aromatic N) is 6. The van der Waals surface area contributed by atoms with Gasteiger partial charge in [-0.15, -0.1) is 18.9 Å². The van der Waals surface area contributed by atoms with Crippen LogP contribution < -0.4 is 43.9 Å². The largest absolute Gasteiger partial charge is 0.425 e. The molecule has 0 saturated heterocycles. The third-order valence-electron chi connectivity index (χ3n) is 9.31. The SMILES string of the molecule is NCCOCCNC(=O)C(CCCN(CCCNC(=O)c1cccc(=O)n1O)C(=O)c1cccc(=O)n1O)N(CCCNC(=O)c1cccc(=O)n1O)C(=O)c1cccc(=O)n1O. The van der Waals surface area contributed by atoms with E-state index in [0.29, 0.717) is 0 Å². The van der Waals surface area contributed by atoms with Gasteiger partial charge in [0.2, 0.25) is 5.91 Å². The second-order valence-electron chi connectivity index (χ2n) is 13.6. The molecule has 0 saturated carbocycles. The van der Waals surface area contributed by atoms with Crippen LogP contribution in [0.4, 0.5) is 0 Å². The van der Waals surface area contributed by atoms with E-state index in [1.165, 1.54) is 47.4 Å². The number of carbonyl (C=O) groups excluding carboxylic acids is 5. The van der Waals surface area contributed by atoms with Crippen molar-refractivity contribution in [2.24, 2.45) is 5.73 Å². The molecule has 9 N–H and O–H groups in total. The maximum Gasteiger partial charge on any atom is 0.283 e. The lowest BCUT2D eigenvalue weighted by atomic mass is 10.1. The summed E-state index contributed by atoms with van der Waals surface area (Å²) >= 11 is 0. The normalized spacial score (nSPS) is 11.3. The fourth-order valence-electron chi connectivity index (χ4n) is 6.17. The zero-order valence-corrected chi connectivity index (χ0v) is 33.8. The van der Waals surface area contributed by atoms with Gasteiger partial charge in [0.15, 0.2) is 0 Å². The molecule has 1 unspecified atom stereocenters. The van der Waals surface area contributed by atoms with Crippen LogP contribution in [-0.4, -0.2) is 144 Å². The van der Waals surface area contributed by atoms with Crippen molar-refractivity contribution in [2.75, 3.05) is 59.0 Å². The minimum atomic E-state index is -1.37. The first-order valence-corrected chi connectivity index (χ1v) is 19.5. The number of hydrogen-bond acceptors (Lipinski definition) is 15. The molecule has 0 bridgehead atoms. The van der Waals surface area contributed by atoms with Crippen LogP contribution >= 0.6 is 0 Å². The van der Waals surface area contributed by atoms with Gasteiger partial charge in [0.25, 0.3) is 45.9 Å².